The minimum atomic E-state index is -0.274. The highest BCUT2D eigenvalue weighted by Crippen LogP contribution is 2.56. The van der Waals surface area contributed by atoms with E-state index >= 15 is 0 Å². The van der Waals surface area contributed by atoms with Crippen molar-refractivity contribution >= 4 is 11.7 Å². The Hall–Kier alpha value is -2.10. The predicted molar refractivity (Wildman–Crippen MR) is 88.8 cm³/mol. The Bertz CT molecular complexity index is 706. The molecule has 2 aliphatic rings. The molecule has 0 aromatic heterocycles. The number of hydrogen-bond donors (Lipinski definition) is 1. The molecule has 1 aromatic rings. The molecule has 1 saturated carbocycles. The lowest BCUT2D eigenvalue weighted by Gasteiger charge is -2.50. The van der Waals surface area contributed by atoms with E-state index in [4.69, 9.17) is 4.74 Å². The first-order valence-electron chi connectivity index (χ1n) is 8.06. The Labute approximate surface area is 136 Å². The van der Waals surface area contributed by atoms with Crippen LogP contribution in [0.4, 0.5) is 0 Å². The van der Waals surface area contributed by atoms with Gasteiger partial charge >= 0.3 is 5.97 Å². The quantitative estimate of drug-likeness (QED) is 0.513. The van der Waals surface area contributed by atoms with Gasteiger partial charge in [-0.25, -0.2) is 0 Å². The van der Waals surface area contributed by atoms with Crippen molar-refractivity contribution in [2.24, 2.45) is 10.6 Å². The summed E-state index contributed by atoms with van der Waals surface area (Å²) in [6, 6.07) is 8.09. The topological polar surface area (TPSA) is 58.9 Å². The maximum atomic E-state index is 11.9. The van der Waals surface area contributed by atoms with Gasteiger partial charge in [-0.15, -0.1) is 0 Å². The summed E-state index contributed by atoms with van der Waals surface area (Å²) in [4.78, 5) is 11.9. The third kappa shape index (κ3) is 2.37. The van der Waals surface area contributed by atoms with Gasteiger partial charge < -0.3 is 9.94 Å². The third-order valence-corrected chi connectivity index (χ3v) is 5.60. The molecule has 0 radical (unpaired) electrons. The van der Waals surface area contributed by atoms with Crippen LogP contribution in [0.2, 0.25) is 0 Å². The van der Waals surface area contributed by atoms with Crippen molar-refractivity contribution in [3.05, 3.63) is 47.0 Å². The van der Waals surface area contributed by atoms with Crippen molar-refractivity contribution < 1.29 is 14.7 Å². The largest absolute Gasteiger partial charge is 0.469 e. The zero-order valence-corrected chi connectivity index (χ0v) is 13.9. The molecule has 2 atom stereocenters. The van der Waals surface area contributed by atoms with E-state index in [0.29, 0.717) is 12.1 Å². The molecule has 3 rings (SSSR count). The minimum Gasteiger partial charge on any atom is -0.469 e. The van der Waals surface area contributed by atoms with Gasteiger partial charge in [-0.3, -0.25) is 4.79 Å². The normalized spacial score (nSPS) is 31.1. The Morgan fingerprint density at radius 2 is 2.04 bits per heavy atom. The van der Waals surface area contributed by atoms with Gasteiger partial charge in [0, 0.05) is 16.4 Å². The molecule has 23 heavy (non-hydrogen) atoms. The minimum absolute atomic E-state index is 0.133. The molecule has 0 bridgehead atoms. The molecule has 0 amide bonds. The predicted octanol–water partition coefficient (Wildman–Crippen LogP) is 3.82. The monoisotopic (exact) mass is 313 g/mol. The van der Waals surface area contributed by atoms with E-state index in [-0.39, 0.29) is 16.8 Å². The number of esters is 1. The molecular formula is C19H23NO3. The second-order valence-corrected chi connectivity index (χ2v) is 7.09. The Morgan fingerprint density at radius 3 is 2.74 bits per heavy atom. The maximum Gasteiger partial charge on any atom is 0.306 e. The van der Waals surface area contributed by atoms with Gasteiger partial charge in [0.25, 0.3) is 0 Å². The van der Waals surface area contributed by atoms with Crippen molar-refractivity contribution in [2.45, 2.75) is 44.9 Å². The van der Waals surface area contributed by atoms with Gasteiger partial charge in [-0.2, -0.15) is 0 Å². The number of carbonyl (C=O) groups is 1. The summed E-state index contributed by atoms with van der Waals surface area (Å²) in [5, 5.41) is 13.0. The highest BCUT2D eigenvalue weighted by molar-refractivity contribution is 6.11. The van der Waals surface area contributed by atoms with Crippen LogP contribution in [-0.4, -0.2) is 24.0 Å². The molecule has 0 spiro atoms. The first kappa shape index (κ1) is 15.8. The summed E-state index contributed by atoms with van der Waals surface area (Å²) >= 11 is 0. The molecule has 122 valence electrons. The van der Waals surface area contributed by atoms with Gasteiger partial charge in [0.05, 0.1) is 13.5 Å². The van der Waals surface area contributed by atoms with Crippen molar-refractivity contribution in [2.75, 3.05) is 7.11 Å². The van der Waals surface area contributed by atoms with Crippen LogP contribution in [0.15, 0.2) is 41.1 Å². The number of allylic oxidation sites excluding steroid dienone is 2. The van der Waals surface area contributed by atoms with Crippen LogP contribution < -0.4 is 0 Å². The molecule has 1 N–H and O–H groups in total. The van der Waals surface area contributed by atoms with E-state index in [1.54, 1.807) is 0 Å². The summed E-state index contributed by atoms with van der Waals surface area (Å²) in [6.45, 7) is 4.36. The van der Waals surface area contributed by atoms with Crippen molar-refractivity contribution in [1.82, 2.24) is 0 Å². The first-order chi connectivity index (χ1) is 10.9. The maximum absolute atomic E-state index is 11.9. The van der Waals surface area contributed by atoms with E-state index in [2.05, 4.69) is 25.1 Å². The van der Waals surface area contributed by atoms with Gasteiger partial charge in [0.15, 0.2) is 0 Å². The highest BCUT2D eigenvalue weighted by Gasteiger charge is 2.49. The van der Waals surface area contributed by atoms with Crippen LogP contribution >= 0.6 is 0 Å². The third-order valence-electron chi connectivity index (χ3n) is 5.60. The molecule has 1 fully saturated rings. The first-order valence-corrected chi connectivity index (χ1v) is 8.06. The Balaban J connectivity index is 2.16. The smallest absolute Gasteiger partial charge is 0.306 e. The average molecular weight is 313 g/mol. The van der Waals surface area contributed by atoms with E-state index in [1.807, 2.05) is 24.3 Å². The average Bonchev–Trinajstić information content (AvgIpc) is 2.54. The molecule has 0 aliphatic heterocycles. The number of methoxy groups -OCH3 is 1. The second kappa shape index (κ2) is 5.52. The molecule has 0 unspecified atom stereocenters. The number of ether oxygens (including phenoxy) is 1. The Morgan fingerprint density at radius 1 is 1.30 bits per heavy atom. The molecule has 2 aliphatic carbocycles. The van der Waals surface area contributed by atoms with Crippen LogP contribution in [0.25, 0.3) is 0 Å². The van der Waals surface area contributed by atoms with Gasteiger partial charge in [0.1, 0.15) is 5.71 Å². The van der Waals surface area contributed by atoms with Crippen LogP contribution in [0.5, 0.6) is 0 Å². The van der Waals surface area contributed by atoms with Crippen LogP contribution in [0, 0.1) is 5.41 Å². The van der Waals surface area contributed by atoms with E-state index < -0.39 is 0 Å². The molecule has 4 nitrogen and oxygen atoms in total. The van der Waals surface area contributed by atoms with E-state index in [9.17, 15) is 10.0 Å². The van der Waals surface area contributed by atoms with Crippen molar-refractivity contribution in [1.29, 1.82) is 0 Å². The Kier molecular flexibility index (Phi) is 3.78. The summed E-state index contributed by atoms with van der Waals surface area (Å²) in [7, 11) is 1.43. The van der Waals surface area contributed by atoms with Crippen LogP contribution in [0.1, 0.15) is 50.7 Å². The number of nitrogens with zero attached hydrogens (tertiary/aromatic N) is 1. The number of fused-ring (bicyclic) bond motifs is 3. The number of hydrogen-bond acceptors (Lipinski definition) is 4. The fourth-order valence-electron chi connectivity index (χ4n) is 4.44. The zero-order valence-electron chi connectivity index (χ0n) is 13.9. The van der Waals surface area contributed by atoms with Gasteiger partial charge in [0.2, 0.25) is 0 Å². The standard InChI is InChI=1S/C19H23NO3/c1-18(12-17(21)23-3)9-6-10-19(2)14-8-5-4-7-13(14)15(20-22)11-16(18)19/h4-5,7-8,11,22H,6,9-10,12H2,1-3H3/b20-15-/t18-,19+/m0/s1. The van der Waals surface area contributed by atoms with Gasteiger partial charge in [-0.1, -0.05) is 55.3 Å². The molecule has 0 saturated heterocycles. The highest BCUT2D eigenvalue weighted by atomic mass is 16.5. The molecule has 4 heteroatoms. The number of oxime groups is 1. The summed E-state index contributed by atoms with van der Waals surface area (Å²) in [5.74, 6) is -0.195. The van der Waals surface area contributed by atoms with Crippen molar-refractivity contribution in [3.8, 4) is 0 Å². The second-order valence-electron chi connectivity index (χ2n) is 7.09. The van der Waals surface area contributed by atoms with Crippen LogP contribution in [0.3, 0.4) is 0 Å². The fraction of sp³-hybridized carbons (Fsp3) is 0.474. The fourth-order valence-corrected chi connectivity index (χ4v) is 4.44. The lowest BCUT2D eigenvalue weighted by molar-refractivity contribution is -0.143. The zero-order chi connectivity index (χ0) is 16.7. The van der Waals surface area contributed by atoms with E-state index in [0.717, 1.165) is 24.8 Å². The lowest BCUT2D eigenvalue weighted by atomic mass is 9.54. The SMILES string of the molecule is COC(=O)C[C@]1(C)CCC[C@@]2(C)C1=C/C(=N/O)c1ccccc12. The molecule has 1 aromatic carbocycles. The molecule has 0 heterocycles. The summed E-state index contributed by atoms with van der Waals surface area (Å²) < 4.78 is 4.91. The summed E-state index contributed by atoms with van der Waals surface area (Å²) in [6.07, 6.45) is 5.35. The lowest BCUT2D eigenvalue weighted by Crippen LogP contribution is -2.43. The van der Waals surface area contributed by atoms with Gasteiger partial charge in [-0.05, 0) is 24.5 Å². The number of carbonyl (C=O) groups excluding carboxylic acids is 1. The molecular weight excluding hydrogens is 290 g/mol. The number of rotatable bonds is 2. The summed E-state index contributed by atoms with van der Waals surface area (Å²) in [5.41, 5.74) is 3.50. The van der Waals surface area contributed by atoms with E-state index in [1.165, 1.54) is 18.2 Å². The number of benzene rings is 1. The van der Waals surface area contributed by atoms with Crippen molar-refractivity contribution in [3.63, 3.8) is 0 Å². The van der Waals surface area contributed by atoms with Crippen LogP contribution in [-0.2, 0) is 14.9 Å².